The number of halogens is 3. The number of nitrogens with zero attached hydrogens (tertiary/aromatic N) is 3. The van der Waals surface area contributed by atoms with Gasteiger partial charge >= 0.3 is 6.18 Å². The summed E-state index contributed by atoms with van der Waals surface area (Å²) in [6.07, 6.45) is -3.90. The Morgan fingerprint density at radius 2 is 1.64 bits per heavy atom. The van der Waals surface area contributed by atoms with Gasteiger partial charge in [-0.3, -0.25) is 0 Å². The van der Waals surface area contributed by atoms with Crippen molar-refractivity contribution in [3.63, 3.8) is 0 Å². The van der Waals surface area contributed by atoms with Crippen molar-refractivity contribution in [1.82, 2.24) is 15.0 Å². The molecule has 0 bridgehead atoms. The first-order chi connectivity index (χ1) is 17.2. The van der Waals surface area contributed by atoms with Crippen LogP contribution >= 0.6 is 0 Å². The van der Waals surface area contributed by atoms with E-state index in [0.717, 1.165) is 12.1 Å². The van der Waals surface area contributed by atoms with Gasteiger partial charge < -0.3 is 19.7 Å². The summed E-state index contributed by atoms with van der Waals surface area (Å²) >= 11 is 0. The minimum absolute atomic E-state index is 0.0308. The molecule has 0 atom stereocenters. The molecule has 2 N–H and O–H groups in total. The second-order valence-corrected chi connectivity index (χ2v) is 8.35. The largest absolute Gasteiger partial charge is 0.508 e. The number of hydrogen-bond acceptors (Lipinski definition) is 6. The molecule has 0 amide bonds. The fourth-order valence-corrected chi connectivity index (χ4v) is 4.15. The Kier molecular flexibility index (Phi) is 5.95. The highest BCUT2D eigenvalue weighted by Gasteiger charge is 2.30. The van der Waals surface area contributed by atoms with E-state index in [1.54, 1.807) is 28.9 Å². The molecule has 186 valence electrons. The van der Waals surface area contributed by atoms with Gasteiger partial charge in [0, 0.05) is 17.2 Å². The number of benzene rings is 3. The number of rotatable bonds is 5. The average molecular weight is 497 g/mol. The first-order valence-corrected chi connectivity index (χ1v) is 11.3. The Labute approximate surface area is 204 Å². The van der Waals surface area contributed by atoms with Gasteiger partial charge in [-0.15, -0.1) is 5.10 Å². The highest BCUT2D eigenvalue weighted by atomic mass is 19.4. The van der Waals surface area contributed by atoms with Crippen LogP contribution in [0.3, 0.4) is 0 Å². The predicted molar refractivity (Wildman–Crippen MR) is 125 cm³/mol. The molecule has 0 unspecified atom stereocenters. The SMILES string of the molecule is CCc1cc(-c2nnn(Cc3ccc(C(F)(F)F)cc3)c2-c2ccc3c(c2)OCCO3)c(O)cc1O. The zero-order valence-corrected chi connectivity index (χ0v) is 19.2. The van der Waals surface area contributed by atoms with Crippen LogP contribution in [0.15, 0.2) is 54.6 Å². The summed E-state index contributed by atoms with van der Waals surface area (Å²) in [5.41, 5.74) is 2.37. The molecule has 3 aromatic carbocycles. The maximum Gasteiger partial charge on any atom is 0.416 e. The summed E-state index contributed by atoms with van der Waals surface area (Å²) in [5, 5.41) is 29.4. The minimum atomic E-state index is -4.43. The number of alkyl halides is 3. The first-order valence-electron chi connectivity index (χ1n) is 11.3. The molecule has 36 heavy (non-hydrogen) atoms. The Balaban J connectivity index is 1.63. The highest BCUT2D eigenvalue weighted by Crippen LogP contribution is 2.41. The van der Waals surface area contributed by atoms with Gasteiger partial charge in [-0.25, -0.2) is 4.68 Å². The normalized spacial score (nSPS) is 13.1. The van der Waals surface area contributed by atoms with Gasteiger partial charge in [0.25, 0.3) is 0 Å². The molecule has 0 aliphatic carbocycles. The Bertz CT molecular complexity index is 1420. The van der Waals surface area contributed by atoms with Crippen LogP contribution < -0.4 is 9.47 Å². The van der Waals surface area contributed by atoms with Crippen molar-refractivity contribution >= 4 is 0 Å². The van der Waals surface area contributed by atoms with E-state index in [2.05, 4.69) is 10.3 Å². The van der Waals surface area contributed by atoms with Crippen molar-refractivity contribution in [2.24, 2.45) is 0 Å². The summed E-state index contributed by atoms with van der Waals surface area (Å²) in [5.74, 6) is 0.923. The number of phenols is 2. The molecule has 2 heterocycles. The maximum atomic E-state index is 13.0. The van der Waals surface area contributed by atoms with Gasteiger partial charge in [0.2, 0.25) is 0 Å². The van der Waals surface area contributed by atoms with Crippen molar-refractivity contribution in [2.45, 2.75) is 26.1 Å². The number of ether oxygens (including phenoxy) is 2. The summed E-state index contributed by atoms with van der Waals surface area (Å²) in [4.78, 5) is 0. The molecule has 10 heteroatoms. The van der Waals surface area contributed by atoms with Gasteiger partial charge in [-0.05, 0) is 53.9 Å². The van der Waals surface area contributed by atoms with Crippen LogP contribution in [0.4, 0.5) is 13.2 Å². The third kappa shape index (κ3) is 4.41. The van der Waals surface area contributed by atoms with E-state index in [0.29, 0.717) is 64.8 Å². The molecule has 0 saturated carbocycles. The molecule has 1 aromatic heterocycles. The molecular weight excluding hydrogens is 475 g/mol. The zero-order valence-electron chi connectivity index (χ0n) is 19.2. The summed E-state index contributed by atoms with van der Waals surface area (Å²) in [6.45, 7) is 2.84. The molecule has 1 aliphatic heterocycles. The number of phenolic OH excluding ortho intramolecular Hbond substituents is 2. The van der Waals surface area contributed by atoms with E-state index in [1.807, 2.05) is 6.92 Å². The lowest BCUT2D eigenvalue weighted by molar-refractivity contribution is -0.137. The third-order valence-electron chi connectivity index (χ3n) is 6.00. The van der Waals surface area contributed by atoms with Crippen molar-refractivity contribution in [3.8, 4) is 45.5 Å². The fourth-order valence-electron chi connectivity index (χ4n) is 4.15. The lowest BCUT2D eigenvalue weighted by Crippen LogP contribution is -2.15. The second-order valence-electron chi connectivity index (χ2n) is 8.35. The molecule has 1 aliphatic rings. The van der Waals surface area contributed by atoms with Crippen molar-refractivity contribution in [1.29, 1.82) is 0 Å². The molecule has 0 spiro atoms. The summed E-state index contributed by atoms with van der Waals surface area (Å²) in [7, 11) is 0. The molecule has 7 nitrogen and oxygen atoms in total. The lowest BCUT2D eigenvalue weighted by atomic mass is 9.99. The zero-order chi connectivity index (χ0) is 25.4. The van der Waals surface area contributed by atoms with Gasteiger partial charge in [0.1, 0.15) is 30.4 Å². The van der Waals surface area contributed by atoms with E-state index in [1.165, 1.54) is 18.2 Å². The monoisotopic (exact) mass is 497 g/mol. The molecule has 0 radical (unpaired) electrons. The molecule has 0 fully saturated rings. The van der Waals surface area contributed by atoms with Gasteiger partial charge in [0.05, 0.1) is 17.8 Å². The maximum absolute atomic E-state index is 13.0. The Morgan fingerprint density at radius 3 is 2.33 bits per heavy atom. The first kappa shape index (κ1) is 23.5. The molecule has 5 rings (SSSR count). The van der Waals surface area contributed by atoms with Gasteiger partial charge in [-0.2, -0.15) is 13.2 Å². The van der Waals surface area contributed by atoms with E-state index >= 15 is 0 Å². The topological polar surface area (TPSA) is 89.6 Å². The van der Waals surface area contributed by atoms with Crippen molar-refractivity contribution in [2.75, 3.05) is 13.2 Å². The van der Waals surface area contributed by atoms with E-state index in [9.17, 15) is 23.4 Å². The van der Waals surface area contributed by atoms with Gasteiger partial charge in [0.15, 0.2) is 11.5 Å². The standard InChI is InChI=1S/C26H22F3N3O4/c1-2-16-11-19(21(34)13-20(16)33)24-25(17-5-8-22-23(12-17)36-10-9-35-22)32(31-30-24)14-15-3-6-18(7-4-15)26(27,28)29/h3-8,11-13,33-34H,2,9-10,14H2,1H3. The van der Waals surface area contributed by atoms with Crippen LogP contribution in [0, 0.1) is 0 Å². The molecule has 0 saturated heterocycles. The van der Waals surface area contributed by atoms with Crippen LogP contribution in [-0.2, 0) is 19.1 Å². The minimum Gasteiger partial charge on any atom is -0.508 e. The van der Waals surface area contributed by atoms with E-state index in [4.69, 9.17) is 9.47 Å². The van der Waals surface area contributed by atoms with E-state index in [-0.39, 0.29) is 18.0 Å². The lowest BCUT2D eigenvalue weighted by Gasteiger charge is -2.19. The van der Waals surface area contributed by atoms with Crippen molar-refractivity contribution < 1.29 is 32.9 Å². The number of fused-ring (bicyclic) bond motifs is 1. The third-order valence-corrected chi connectivity index (χ3v) is 6.00. The molecule has 4 aromatic rings. The van der Waals surface area contributed by atoms with Crippen LogP contribution in [0.1, 0.15) is 23.6 Å². The Morgan fingerprint density at radius 1 is 0.917 bits per heavy atom. The predicted octanol–water partition coefficient (Wildman–Crippen LogP) is 5.42. The summed E-state index contributed by atoms with van der Waals surface area (Å²) < 4.78 is 51.9. The number of hydrogen-bond donors (Lipinski definition) is 2. The van der Waals surface area contributed by atoms with Crippen molar-refractivity contribution in [3.05, 3.63) is 71.3 Å². The Hall–Kier alpha value is -4.21. The number of aromatic nitrogens is 3. The van der Waals surface area contributed by atoms with Crippen LogP contribution in [-0.4, -0.2) is 38.4 Å². The smallest absolute Gasteiger partial charge is 0.416 e. The quantitative estimate of drug-likeness (QED) is 0.383. The number of aromatic hydroxyl groups is 2. The van der Waals surface area contributed by atoms with Crippen LogP contribution in [0.2, 0.25) is 0 Å². The highest BCUT2D eigenvalue weighted by molar-refractivity contribution is 5.83. The van der Waals surface area contributed by atoms with Crippen LogP contribution in [0.5, 0.6) is 23.0 Å². The van der Waals surface area contributed by atoms with Crippen LogP contribution in [0.25, 0.3) is 22.5 Å². The fraction of sp³-hybridized carbons (Fsp3) is 0.231. The molecular formula is C26H22F3N3O4. The number of aryl methyl sites for hydroxylation is 1. The van der Waals surface area contributed by atoms with E-state index < -0.39 is 11.7 Å². The second kappa shape index (κ2) is 9.10. The summed E-state index contributed by atoms with van der Waals surface area (Å²) in [6, 6.07) is 13.1. The average Bonchev–Trinajstić information content (AvgIpc) is 3.26. The van der Waals surface area contributed by atoms with Gasteiger partial charge in [-0.1, -0.05) is 24.3 Å².